The molecule has 0 aromatic carbocycles. The summed E-state index contributed by atoms with van der Waals surface area (Å²) in [5.41, 5.74) is 0. The van der Waals surface area contributed by atoms with Crippen LogP contribution in [0.15, 0.2) is 9.98 Å². The van der Waals surface area contributed by atoms with E-state index in [9.17, 15) is 0 Å². The van der Waals surface area contributed by atoms with Crippen molar-refractivity contribution in [1.29, 1.82) is 0 Å². The lowest BCUT2D eigenvalue weighted by atomic mass is 10.1. The van der Waals surface area contributed by atoms with Crippen LogP contribution < -0.4 is 0 Å². The van der Waals surface area contributed by atoms with Crippen molar-refractivity contribution in [2.24, 2.45) is 9.98 Å². The lowest BCUT2D eigenvalue weighted by Gasteiger charge is -2.00. The Balaban J connectivity index is 0.000000231. The Kier molecular flexibility index (Phi) is 12.6. The van der Waals surface area contributed by atoms with E-state index in [1.165, 1.54) is 57.8 Å². The Morgan fingerprint density at radius 2 is 1.09 bits per heavy atom. The van der Waals surface area contributed by atoms with Gasteiger partial charge in [-0.3, -0.25) is 9.98 Å². The zero-order chi connectivity index (χ0) is 16.6. The third-order valence-corrected chi connectivity index (χ3v) is 4.03. The molecule has 0 atom stereocenters. The number of hydrogen-bond donors (Lipinski definition) is 0. The van der Waals surface area contributed by atoms with Gasteiger partial charge in [0.2, 0.25) is 0 Å². The quantitative estimate of drug-likeness (QED) is 0.493. The Morgan fingerprint density at radius 1 is 0.652 bits per heavy atom. The number of aliphatic imine (C=N–C) groups is 2. The molecule has 0 aliphatic carbocycles. The summed E-state index contributed by atoms with van der Waals surface area (Å²) in [6.07, 6.45) is 13.9. The number of nitrogens with zero attached hydrogens (tertiary/aromatic N) is 2. The van der Waals surface area contributed by atoms with Gasteiger partial charge in [-0.05, 0) is 12.8 Å². The molecule has 0 amide bonds. The molecule has 2 aliphatic rings. The molecular weight excluding hydrogens is 288 g/mol. The fourth-order valence-corrected chi connectivity index (χ4v) is 2.64. The summed E-state index contributed by atoms with van der Waals surface area (Å²) >= 11 is 0. The summed E-state index contributed by atoms with van der Waals surface area (Å²) in [5, 5.41) is 0. The van der Waals surface area contributed by atoms with Gasteiger partial charge in [0, 0.05) is 12.8 Å². The monoisotopic (exact) mass is 324 g/mol. The molecule has 0 bridgehead atoms. The highest BCUT2D eigenvalue weighted by Gasteiger charge is 2.06. The van der Waals surface area contributed by atoms with Crippen LogP contribution in [0.1, 0.15) is 84.5 Å². The Morgan fingerprint density at radius 3 is 1.48 bits per heavy atom. The van der Waals surface area contributed by atoms with Gasteiger partial charge in [0.15, 0.2) is 11.8 Å². The van der Waals surface area contributed by atoms with Crippen LogP contribution in [-0.4, -0.2) is 38.1 Å². The molecule has 0 unspecified atom stereocenters. The fourth-order valence-electron chi connectivity index (χ4n) is 2.64. The van der Waals surface area contributed by atoms with Crippen molar-refractivity contribution in [2.45, 2.75) is 84.5 Å². The molecule has 0 fully saturated rings. The van der Waals surface area contributed by atoms with E-state index >= 15 is 0 Å². The molecule has 23 heavy (non-hydrogen) atoms. The molecule has 4 heteroatoms. The summed E-state index contributed by atoms with van der Waals surface area (Å²) < 4.78 is 10.6. The van der Waals surface area contributed by atoms with Crippen LogP contribution in [0, 0.1) is 0 Å². The van der Waals surface area contributed by atoms with Crippen molar-refractivity contribution in [2.75, 3.05) is 26.3 Å². The van der Waals surface area contributed by atoms with Crippen LogP contribution in [-0.2, 0) is 9.47 Å². The highest BCUT2D eigenvalue weighted by molar-refractivity contribution is 5.77. The first-order valence-corrected chi connectivity index (χ1v) is 9.69. The van der Waals surface area contributed by atoms with Crippen LogP contribution in [0.3, 0.4) is 0 Å². The first-order valence-electron chi connectivity index (χ1n) is 9.69. The van der Waals surface area contributed by atoms with Crippen LogP contribution in [0.5, 0.6) is 0 Å². The highest BCUT2D eigenvalue weighted by Crippen LogP contribution is 2.08. The van der Waals surface area contributed by atoms with E-state index in [-0.39, 0.29) is 0 Å². The number of unbranched alkanes of at least 4 members (excludes halogenated alkanes) is 7. The second kappa shape index (κ2) is 14.5. The van der Waals surface area contributed by atoms with E-state index < -0.39 is 0 Å². The van der Waals surface area contributed by atoms with E-state index in [4.69, 9.17) is 9.47 Å². The fraction of sp³-hybridized carbons (Fsp3) is 0.895. The third kappa shape index (κ3) is 11.2. The van der Waals surface area contributed by atoms with Crippen molar-refractivity contribution in [3.63, 3.8) is 0 Å². The van der Waals surface area contributed by atoms with Gasteiger partial charge in [0.1, 0.15) is 13.2 Å². The van der Waals surface area contributed by atoms with Gasteiger partial charge >= 0.3 is 0 Å². The topological polar surface area (TPSA) is 43.2 Å². The first kappa shape index (κ1) is 20.0. The average Bonchev–Trinajstić information content (AvgIpc) is 3.26. The van der Waals surface area contributed by atoms with Crippen LogP contribution in [0.4, 0.5) is 0 Å². The zero-order valence-electron chi connectivity index (χ0n) is 15.3. The standard InChI is InChI=1S/C10H19NO.C9H17NO/c1-2-3-4-5-6-7-10-11-8-9-12-10;1-2-3-4-5-6-9-10-7-8-11-9/h2-9H2,1H3;2-8H2,1H3. The van der Waals surface area contributed by atoms with Gasteiger partial charge in [-0.25, -0.2) is 0 Å². The summed E-state index contributed by atoms with van der Waals surface area (Å²) in [5.74, 6) is 1.98. The van der Waals surface area contributed by atoms with E-state index in [1.54, 1.807) is 0 Å². The maximum Gasteiger partial charge on any atom is 0.183 e. The van der Waals surface area contributed by atoms with Gasteiger partial charge in [-0.1, -0.05) is 58.8 Å². The van der Waals surface area contributed by atoms with E-state index in [0.29, 0.717) is 0 Å². The Labute approximate surface area is 142 Å². The van der Waals surface area contributed by atoms with Crippen molar-refractivity contribution < 1.29 is 9.47 Å². The second-order valence-electron chi connectivity index (χ2n) is 6.22. The maximum atomic E-state index is 5.31. The Bertz CT molecular complexity index is 340. The number of rotatable bonds is 11. The lowest BCUT2D eigenvalue weighted by Crippen LogP contribution is -1.98. The molecule has 0 spiro atoms. The van der Waals surface area contributed by atoms with E-state index in [0.717, 1.165) is 50.9 Å². The smallest absolute Gasteiger partial charge is 0.183 e. The van der Waals surface area contributed by atoms with Crippen LogP contribution in [0.25, 0.3) is 0 Å². The van der Waals surface area contributed by atoms with Crippen molar-refractivity contribution in [3.05, 3.63) is 0 Å². The molecule has 2 aliphatic heterocycles. The molecule has 0 radical (unpaired) electrons. The van der Waals surface area contributed by atoms with Gasteiger partial charge in [0.25, 0.3) is 0 Å². The van der Waals surface area contributed by atoms with Gasteiger partial charge in [-0.2, -0.15) is 0 Å². The van der Waals surface area contributed by atoms with Crippen LogP contribution in [0.2, 0.25) is 0 Å². The molecule has 2 heterocycles. The minimum absolute atomic E-state index is 0.809. The normalized spacial score (nSPS) is 16.1. The maximum absolute atomic E-state index is 5.31. The third-order valence-electron chi connectivity index (χ3n) is 4.03. The summed E-state index contributed by atoms with van der Waals surface area (Å²) in [6.45, 7) is 7.84. The van der Waals surface area contributed by atoms with Crippen molar-refractivity contribution in [3.8, 4) is 0 Å². The molecular formula is C19H36N2O2. The Hall–Kier alpha value is -1.06. The zero-order valence-corrected chi connectivity index (χ0v) is 15.3. The molecule has 0 saturated heterocycles. The number of hydrogen-bond acceptors (Lipinski definition) is 4. The van der Waals surface area contributed by atoms with Crippen molar-refractivity contribution >= 4 is 11.8 Å². The molecule has 0 saturated carbocycles. The molecule has 0 N–H and O–H groups in total. The van der Waals surface area contributed by atoms with E-state index in [1.807, 2.05) is 0 Å². The summed E-state index contributed by atoms with van der Waals surface area (Å²) in [7, 11) is 0. The van der Waals surface area contributed by atoms with Gasteiger partial charge in [-0.15, -0.1) is 0 Å². The summed E-state index contributed by atoms with van der Waals surface area (Å²) in [6, 6.07) is 0. The molecule has 0 aromatic rings. The molecule has 134 valence electrons. The second-order valence-corrected chi connectivity index (χ2v) is 6.22. The number of ether oxygens (including phenoxy) is 2. The summed E-state index contributed by atoms with van der Waals surface area (Å²) in [4.78, 5) is 8.48. The largest absolute Gasteiger partial charge is 0.479 e. The lowest BCUT2D eigenvalue weighted by molar-refractivity contribution is 0.336. The molecule has 0 aromatic heterocycles. The first-order chi connectivity index (χ1) is 11.4. The minimum Gasteiger partial charge on any atom is -0.479 e. The molecule has 4 nitrogen and oxygen atoms in total. The van der Waals surface area contributed by atoms with E-state index in [2.05, 4.69) is 23.8 Å². The van der Waals surface area contributed by atoms with Crippen molar-refractivity contribution in [1.82, 2.24) is 0 Å². The average molecular weight is 325 g/mol. The van der Waals surface area contributed by atoms with Gasteiger partial charge < -0.3 is 9.47 Å². The minimum atomic E-state index is 0.809. The van der Waals surface area contributed by atoms with Crippen LogP contribution >= 0.6 is 0 Å². The predicted octanol–water partition coefficient (Wildman–Crippen LogP) is 5.16. The predicted molar refractivity (Wildman–Crippen MR) is 98.6 cm³/mol. The molecule has 2 rings (SSSR count). The van der Waals surface area contributed by atoms with Gasteiger partial charge in [0.05, 0.1) is 13.1 Å². The highest BCUT2D eigenvalue weighted by atomic mass is 16.5. The SMILES string of the molecule is CCCCCCC1=NCCO1.CCCCCCCC1=NCCO1.